The lowest BCUT2D eigenvalue weighted by Crippen LogP contribution is -2.05. The maximum absolute atomic E-state index is 13.4. The van der Waals surface area contributed by atoms with Gasteiger partial charge >= 0.3 is 0 Å². The summed E-state index contributed by atoms with van der Waals surface area (Å²) in [5.41, 5.74) is 3.37. The normalized spacial score (nSPS) is 11.2. The van der Waals surface area contributed by atoms with Crippen molar-refractivity contribution in [1.29, 1.82) is 0 Å². The minimum atomic E-state index is -0.208. The topological polar surface area (TPSA) is 17.0 Å². The van der Waals surface area contributed by atoms with E-state index in [2.05, 4.69) is 56.3 Å². The van der Waals surface area contributed by atoms with Crippen molar-refractivity contribution in [1.82, 2.24) is 9.88 Å². The van der Waals surface area contributed by atoms with E-state index >= 15 is 0 Å². The number of rotatable bonds is 4. The first kappa shape index (κ1) is 14.3. The summed E-state index contributed by atoms with van der Waals surface area (Å²) in [6.45, 7) is 1.48. The summed E-state index contributed by atoms with van der Waals surface area (Å²) in [7, 11) is 1.94. The largest absolute Gasteiger partial charge is 0.343 e. The Morgan fingerprint density at radius 2 is 2.00 bits per heavy atom. The molecule has 1 heterocycles. The van der Waals surface area contributed by atoms with Crippen LogP contribution in [0, 0.1) is 5.82 Å². The molecule has 0 amide bonds. The fourth-order valence-corrected chi connectivity index (χ4v) is 2.99. The summed E-state index contributed by atoms with van der Waals surface area (Å²) in [4.78, 5) is 0. The van der Waals surface area contributed by atoms with E-state index in [0.29, 0.717) is 6.54 Å². The van der Waals surface area contributed by atoms with Crippen molar-refractivity contribution in [3.63, 3.8) is 0 Å². The molecule has 0 aliphatic heterocycles. The Balaban J connectivity index is 2.01. The fourth-order valence-electron chi connectivity index (χ4n) is 2.62. The third kappa shape index (κ3) is 2.87. The maximum Gasteiger partial charge on any atom is 0.123 e. The molecule has 2 nitrogen and oxygen atoms in total. The predicted octanol–water partition coefficient (Wildman–Crippen LogP) is 4.31. The van der Waals surface area contributed by atoms with Gasteiger partial charge in [0.1, 0.15) is 5.82 Å². The van der Waals surface area contributed by atoms with E-state index in [9.17, 15) is 4.39 Å². The molecule has 0 atom stereocenters. The third-order valence-electron chi connectivity index (χ3n) is 3.62. The average molecular weight is 347 g/mol. The number of hydrogen-bond acceptors (Lipinski definition) is 1. The Morgan fingerprint density at radius 1 is 1.14 bits per heavy atom. The Kier molecular flexibility index (Phi) is 4.08. The molecule has 3 rings (SSSR count). The molecule has 0 saturated carbocycles. The van der Waals surface area contributed by atoms with E-state index in [4.69, 9.17) is 0 Å². The molecule has 0 radical (unpaired) electrons. The first-order valence-electron chi connectivity index (χ1n) is 6.84. The van der Waals surface area contributed by atoms with Crippen molar-refractivity contribution in [3.8, 4) is 0 Å². The van der Waals surface area contributed by atoms with Crippen molar-refractivity contribution in [2.24, 2.45) is 0 Å². The molecule has 1 N–H and O–H groups in total. The molecule has 0 unspecified atom stereocenters. The summed E-state index contributed by atoms with van der Waals surface area (Å²) in [5.74, 6) is -0.208. The van der Waals surface area contributed by atoms with Gasteiger partial charge in [-0.1, -0.05) is 28.1 Å². The Hall–Kier alpha value is -1.65. The number of fused-ring (bicyclic) bond motifs is 1. The van der Waals surface area contributed by atoms with Crippen molar-refractivity contribution in [2.45, 2.75) is 13.1 Å². The Labute approximate surface area is 131 Å². The highest BCUT2D eigenvalue weighted by atomic mass is 79.9. The second-order valence-electron chi connectivity index (χ2n) is 5.06. The van der Waals surface area contributed by atoms with Crippen LogP contribution in [0.3, 0.4) is 0 Å². The highest BCUT2D eigenvalue weighted by molar-refractivity contribution is 9.10. The van der Waals surface area contributed by atoms with Crippen LogP contribution in [-0.4, -0.2) is 11.6 Å². The first-order valence-corrected chi connectivity index (χ1v) is 7.63. The number of benzene rings is 2. The Morgan fingerprint density at radius 3 is 2.81 bits per heavy atom. The van der Waals surface area contributed by atoms with Crippen LogP contribution in [0.25, 0.3) is 10.9 Å². The zero-order valence-corrected chi connectivity index (χ0v) is 13.3. The SMILES string of the molecule is CNCc1cccc2c1ccn2Cc1cc(F)ccc1Br. The second-order valence-corrected chi connectivity index (χ2v) is 5.91. The maximum atomic E-state index is 13.4. The molecular formula is C17H16BrFN2. The zero-order valence-electron chi connectivity index (χ0n) is 11.7. The number of nitrogens with one attached hydrogen (secondary N) is 1. The van der Waals surface area contributed by atoms with Crippen molar-refractivity contribution in [3.05, 3.63) is 70.1 Å². The highest BCUT2D eigenvalue weighted by Crippen LogP contribution is 2.24. The Bertz CT molecular complexity index is 780. The van der Waals surface area contributed by atoms with E-state index in [1.54, 1.807) is 12.1 Å². The molecule has 3 aromatic rings. The minimum Gasteiger partial charge on any atom is -0.343 e. The summed E-state index contributed by atoms with van der Waals surface area (Å²) >= 11 is 3.49. The van der Waals surface area contributed by atoms with E-state index in [-0.39, 0.29) is 5.82 Å². The van der Waals surface area contributed by atoms with Gasteiger partial charge in [0, 0.05) is 34.7 Å². The van der Waals surface area contributed by atoms with Crippen molar-refractivity contribution < 1.29 is 4.39 Å². The predicted molar refractivity (Wildman–Crippen MR) is 87.9 cm³/mol. The van der Waals surface area contributed by atoms with E-state index in [1.165, 1.54) is 22.5 Å². The fraction of sp³-hybridized carbons (Fsp3) is 0.176. The number of halogens is 2. The smallest absolute Gasteiger partial charge is 0.123 e. The van der Waals surface area contributed by atoms with Crippen LogP contribution in [0.1, 0.15) is 11.1 Å². The molecule has 2 aromatic carbocycles. The molecule has 0 saturated heterocycles. The third-order valence-corrected chi connectivity index (χ3v) is 4.39. The van der Waals surface area contributed by atoms with Gasteiger partial charge < -0.3 is 9.88 Å². The van der Waals surface area contributed by atoms with Gasteiger partial charge in [-0.25, -0.2) is 4.39 Å². The van der Waals surface area contributed by atoms with Gasteiger partial charge in [-0.3, -0.25) is 0 Å². The van der Waals surface area contributed by atoms with Gasteiger partial charge in [-0.2, -0.15) is 0 Å². The van der Waals surface area contributed by atoms with Crippen LogP contribution in [0.15, 0.2) is 53.1 Å². The number of nitrogens with zero attached hydrogens (tertiary/aromatic N) is 1. The summed E-state index contributed by atoms with van der Waals surface area (Å²) in [5, 5.41) is 4.42. The van der Waals surface area contributed by atoms with E-state index < -0.39 is 0 Å². The lowest BCUT2D eigenvalue weighted by Gasteiger charge is -2.09. The number of hydrogen-bond donors (Lipinski definition) is 1. The lowest BCUT2D eigenvalue weighted by atomic mass is 10.1. The van der Waals surface area contributed by atoms with Gasteiger partial charge in [-0.15, -0.1) is 0 Å². The van der Waals surface area contributed by atoms with Gasteiger partial charge in [-0.05, 0) is 48.5 Å². The van der Waals surface area contributed by atoms with Crippen LogP contribution < -0.4 is 5.32 Å². The molecule has 0 aliphatic rings. The second kappa shape index (κ2) is 6.00. The minimum absolute atomic E-state index is 0.208. The average Bonchev–Trinajstić information content (AvgIpc) is 2.88. The molecule has 0 spiro atoms. The van der Waals surface area contributed by atoms with Crippen LogP contribution in [0.4, 0.5) is 4.39 Å². The molecule has 0 aliphatic carbocycles. The van der Waals surface area contributed by atoms with E-state index in [0.717, 1.165) is 16.6 Å². The molecule has 1 aromatic heterocycles. The monoisotopic (exact) mass is 346 g/mol. The molecule has 21 heavy (non-hydrogen) atoms. The standard InChI is InChI=1S/C17H16BrFN2/c1-20-10-12-3-2-4-17-15(12)7-8-21(17)11-13-9-14(19)5-6-16(13)18/h2-9,20H,10-11H2,1H3. The molecule has 4 heteroatoms. The first-order chi connectivity index (χ1) is 10.2. The van der Waals surface area contributed by atoms with E-state index in [1.807, 2.05) is 7.05 Å². The molecule has 108 valence electrons. The van der Waals surface area contributed by atoms with Crippen LogP contribution in [0.2, 0.25) is 0 Å². The lowest BCUT2D eigenvalue weighted by molar-refractivity contribution is 0.623. The molecule has 0 fully saturated rings. The molecular weight excluding hydrogens is 331 g/mol. The van der Waals surface area contributed by atoms with Gasteiger partial charge in [0.25, 0.3) is 0 Å². The summed E-state index contributed by atoms with van der Waals surface area (Å²) in [6.07, 6.45) is 2.06. The van der Waals surface area contributed by atoms with Crippen molar-refractivity contribution in [2.75, 3.05) is 7.05 Å². The van der Waals surface area contributed by atoms with Gasteiger partial charge in [0.2, 0.25) is 0 Å². The number of aromatic nitrogens is 1. The summed E-state index contributed by atoms with van der Waals surface area (Å²) in [6, 6.07) is 13.2. The summed E-state index contributed by atoms with van der Waals surface area (Å²) < 4.78 is 16.5. The zero-order chi connectivity index (χ0) is 14.8. The van der Waals surface area contributed by atoms with Gasteiger partial charge in [0.05, 0.1) is 0 Å². The van der Waals surface area contributed by atoms with Crippen LogP contribution in [0.5, 0.6) is 0 Å². The highest BCUT2D eigenvalue weighted by Gasteiger charge is 2.08. The van der Waals surface area contributed by atoms with Crippen LogP contribution in [-0.2, 0) is 13.1 Å². The van der Waals surface area contributed by atoms with Crippen LogP contribution >= 0.6 is 15.9 Å². The quantitative estimate of drug-likeness (QED) is 0.744. The van der Waals surface area contributed by atoms with Crippen molar-refractivity contribution >= 4 is 26.8 Å². The molecule has 0 bridgehead atoms. The van der Waals surface area contributed by atoms with Gasteiger partial charge in [0.15, 0.2) is 0 Å².